The predicted octanol–water partition coefficient (Wildman–Crippen LogP) is 2.76. The van der Waals surface area contributed by atoms with Gasteiger partial charge in [0, 0.05) is 43.6 Å². The van der Waals surface area contributed by atoms with Crippen LogP contribution in [0.2, 0.25) is 0 Å². The first-order valence-electron chi connectivity index (χ1n) is 18.5. The van der Waals surface area contributed by atoms with Crippen LogP contribution < -0.4 is 5.32 Å². The maximum absolute atomic E-state index is 15.2. The number of hydrogen-bond acceptors (Lipinski definition) is 9. The van der Waals surface area contributed by atoms with Gasteiger partial charge in [-0.1, -0.05) is 88.7 Å². The van der Waals surface area contributed by atoms with E-state index in [-0.39, 0.29) is 24.8 Å². The lowest BCUT2D eigenvalue weighted by Crippen LogP contribution is -2.59. The topological polar surface area (TPSA) is 138 Å². The minimum atomic E-state index is -1.50. The van der Waals surface area contributed by atoms with E-state index in [0.29, 0.717) is 49.2 Å². The molecular weight excluding hydrogens is 744 g/mol. The molecule has 3 saturated heterocycles. The van der Waals surface area contributed by atoms with Crippen LogP contribution >= 0.6 is 15.9 Å². The van der Waals surface area contributed by atoms with Crippen LogP contribution in [0.25, 0.3) is 0 Å². The molecule has 282 valence electrons. The van der Waals surface area contributed by atoms with E-state index in [2.05, 4.69) is 26.1 Å². The van der Waals surface area contributed by atoms with Crippen LogP contribution in [-0.4, -0.2) is 126 Å². The number of hydrogen-bond donors (Lipinski definition) is 2. The van der Waals surface area contributed by atoms with E-state index in [4.69, 9.17) is 14.2 Å². The molecule has 5 heterocycles. The second-order valence-electron chi connectivity index (χ2n) is 14.5. The zero-order valence-electron chi connectivity index (χ0n) is 29.8. The number of morpholine rings is 1. The monoisotopic (exact) mass is 790 g/mol. The maximum Gasteiger partial charge on any atom is 0.313 e. The Labute approximate surface area is 318 Å². The fourth-order valence-electron chi connectivity index (χ4n) is 8.53. The van der Waals surface area contributed by atoms with Crippen LogP contribution in [0.15, 0.2) is 83.4 Å². The van der Waals surface area contributed by atoms with Crippen LogP contribution in [0.3, 0.4) is 0 Å². The minimum Gasteiger partial charge on any atom is -0.455 e. The largest absolute Gasteiger partial charge is 0.455 e. The summed E-state index contributed by atoms with van der Waals surface area (Å²) < 4.78 is 19.1. The van der Waals surface area contributed by atoms with Crippen LogP contribution in [0.4, 0.5) is 0 Å². The first-order valence-corrected chi connectivity index (χ1v) is 19.3. The van der Waals surface area contributed by atoms with Crippen molar-refractivity contribution in [1.29, 1.82) is 0 Å². The lowest BCUT2D eigenvalue weighted by atomic mass is 9.74. The third-order valence-electron chi connectivity index (χ3n) is 11.1. The number of benzene rings is 2. The van der Waals surface area contributed by atoms with Crippen molar-refractivity contribution in [2.45, 2.75) is 62.1 Å². The van der Waals surface area contributed by atoms with Crippen LogP contribution in [-0.2, 0) is 39.8 Å². The molecule has 2 N–H and O–H groups in total. The fraction of sp³-hybridized carbons (Fsp3) is 0.500. The Bertz CT molecular complexity index is 1720. The molecule has 8 atom stereocenters. The Kier molecular flexibility index (Phi) is 11.5. The van der Waals surface area contributed by atoms with E-state index in [1.807, 2.05) is 72.8 Å². The van der Waals surface area contributed by atoms with Gasteiger partial charge in [0.05, 0.1) is 37.8 Å². The minimum absolute atomic E-state index is 0.199. The highest BCUT2D eigenvalue weighted by Gasteiger charge is 2.75. The summed E-state index contributed by atoms with van der Waals surface area (Å²) in [6, 6.07) is 16.2. The molecule has 5 aliphatic heterocycles. The quantitative estimate of drug-likeness (QED) is 0.306. The molecule has 0 radical (unpaired) electrons. The van der Waals surface area contributed by atoms with Gasteiger partial charge >= 0.3 is 5.97 Å². The molecular formula is C40H47BrN4O8. The van der Waals surface area contributed by atoms with E-state index < -0.39 is 66.3 Å². The smallest absolute Gasteiger partial charge is 0.313 e. The molecule has 12 nitrogen and oxygen atoms in total. The van der Waals surface area contributed by atoms with E-state index >= 15 is 9.59 Å². The van der Waals surface area contributed by atoms with Gasteiger partial charge in [-0.05, 0) is 37.0 Å². The van der Waals surface area contributed by atoms with Gasteiger partial charge in [-0.25, -0.2) is 0 Å². The second kappa shape index (κ2) is 16.2. The number of nitrogens with zero attached hydrogens (tertiary/aromatic N) is 3. The van der Waals surface area contributed by atoms with E-state index in [0.717, 1.165) is 18.7 Å². The Morgan fingerprint density at radius 3 is 2.38 bits per heavy atom. The zero-order valence-corrected chi connectivity index (χ0v) is 31.4. The van der Waals surface area contributed by atoms with Gasteiger partial charge in [0.1, 0.15) is 29.8 Å². The number of aliphatic hydroxyl groups is 1. The molecule has 53 heavy (non-hydrogen) atoms. The molecule has 7 rings (SSSR count). The van der Waals surface area contributed by atoms with Gasteiger partial charge in [0.2, 0.25) is 17.7 Å². The number of nitrogens with one attached hydrogen (secondary N) is 1. The van der Waals surface area contributed by atoms with Crippen molar-refractivity contribution in [2.24, 2.45) is 11.8 Å². The SMILES string of the molecule is C[C@H]1NC(=O)CC/C=C\CN(CCN2CCOCC2)C(=O)[C@@H]2N([C@@H](CO)Cc3ccccc3)C(=O)[C@H]3[C@H](C(=O)O[C@@H]1c1ccccc1)[C@H]1O[C@@]23C=C1Br. The fourth-order valence-corrected chi connectivity index (χ4v) is 9.26. The number of fused-ring (bicyclic) bond motifs is 2. The number of amides is 3. The number of aliphatic hydroxyl groups excluding tert-OH is 1. The summed E-state index contributed by atoms with van der Waals surface area (Å²) in [7, 11) is 0. The molecule has 0 aromatic heterocycles. The van der Waals surface area contributed by atoms with Crippen LogP contribution in [0, 0.1) is 11.8 Å². The van der Waals surface area contributed by atoms with Gasteiger partial charge < -0.3 is 34.4 Å². The molecule has 13 heteroatoms. The van der Waals surface area contributed by atoms with Gasteiger partial charge in [0.15, 0.2) is 0 Å². The molecule has 2 aromatic carbocycles. The van der Waals surface area contributed by atoms with Crippen LogP contribution in [0.1, 0.15) is 37.0 Å². The molecule has 5 aliphatic rings. The Morgan fingerprint density at radius 1 is 0.943 bits per heavy atom. The summed E-state index contributed by atoms with van der Waals surface area (Å²) in [4.78, 5) is 63.3. The molecule has 0 aliphatic carbocycles. The highest BCUT2D eigenvalue weighted by atomic mass is 79.9. The molecule has 1 spiro atoms. The number of carbonyl (C=O) groups is 4. The van der Waals surface area contributed by atoms with Gasteiger partial charge in [-0.3, -0.25) is 24.1 Å². The number of carbonyl (C=O) groups excluding carboxylic acids is 4. The highest BCUT2D eigenvalue weighted by molar-refractivity contribution is 9.11. The lowest BCUT2D eigenvalue weighted by molar-refractivity contribution is -0.162. The molecule has 3 amide bonds. The number of allylic oxidation sites excluding steroid dienone is 1. The normalized spacial score (nSPS) is 32.2. The lowest BCUT2D eigenvalue weighted by Gasteiger charge is -2.39. The predicted molar refractivity (Wildman–Crippen MR) is 198 cm³/mol. The average Bonchev–Trinajstić information content (AvgIpc) is 3.77. The van der Waals surface area contributed by atoms with E-state index in [9.17, 15) is 14.7 Å². The van der Waals surface area contributed by atoms with Crippen molar-refractivity contribution >= 4 is 39.6 Å². The zero-order chi connectivity index (χ0) is 37.1. The van der Waals surface area contributed by atoms with Crippen molar-refractivity contribution in [1.82, 2.24) is 20.0 Å². The Morgan fingerprint density at radius 2 is 1.66 bits per heavy atom. The molecule has 0 unspecified atom stereocenters. The molecule has 2 aromatic rings. The standard InChI is InChI=1S/C40H47BrN4O8/c1-26-34(28-13-7-3-8-14-28)52-39(50)32-33-37(48)45(29(25-46)23-27-11-5-2-6-12-27)36(40(33)24-30(41)35(32)53-40)38(49)44(16-10-4-9-15-31(47)42-26)18-17-43-19-21-51-22-20-43/h2-8,10-14,24,26,29,32-36,46H,9,15-23,25H2,1H3,(H,42,47)/b10-4-/t26-,29-,32+,33-,34+,35+,36+,40-/m1/s1. The molecule has 5 bridgehead atoms. The third kappa shape index (κ3) is 7.46. The van der Waals surface area contributed by atoms with Crippen molar-refractivity contribution in [3.05, 3.63) is 94.5 Å². The number of rotatable bonds is 8. The summed E-state index contributed by atoms with van der Waals surface area (Å²) >= 11 is 3.64. The Hall–Kier alpha value is -3.88. The maximum atomic E-state index is 15.2. The highest BCUT2D eigenvalue weighted by Crippen LogP contribution is 2.59. The summed E-state index contributed by atoms with van der Waals surface area (Å²) in [6.07, 6.45) is 4.77. The first-order chi connectivity index (χ1) is 25.7. The van der Waals surface area contributed by atoms with Crippen LogP contribution in [0.5, 0.6) is 0 Å². The molecule has 3 fully saturated rings. The number of ether oxygens (including phenoxy) is 3. The summed E-state index contributed by atoms with van der Waals surface area (Å²) in [5.41, 5.74) is 0.0790. The number of halogens is 1. The summed E-state index contributed by atoms with van der Waals surface area (Å²) in [5, 5.41) is 13.9. The van der Waals surface area contributed by atoms with Crippen molar-refractivity contribution in [3.63, 3.8) is 0 Å². The third-order valence-corrected chi connectivity index (χ3v) is 11.8. The number of cyclic esters (lactones) is 1. The average molecular weight is 792 g/mol. The second-order valence-corrected chi connectivity index (χ2v) is 15.4. The van der Waals surface area contributed by atoms with Crippen molar-refractivity contribution < 1.29 is 38.5 Å². The number of likely N-dealkylation sites (tertiary alicyclic amines) is 1. The van der Waals surface area contributed by atoms with E-state index in [1.165, 1.54) is 4.90 Å². The molecule has 0 saturated carbocycles. The number of esters is 1. The summed E-state index contributed by atoms with van der Waals surface area (Å²) in [5.74, 6) is -3.83. The van der Waals surface area contributed by atoms with Gasteiger partial charge in [-0.2, -0.15) is 0 Å². The summed E-state index contributed by atoms with van der Waals surface area (Å²) in [6.45, 7) is 5.27. The van der Waals surface area contributed by atoms with Gasteiger partial charge in [0.25, 0.3) is 0 Å². The Balaban J connectivity index is 1.31. The van der Waals surface area contributed by atoms with Crippen molar-refractivity contribution in [2.75, 3.05) is 52.5 Å². The van der Waals surface area contributed by atoms with Crippen molar-refractivity contribution in [3.8, 4) is 0 Å². The first kappa shape index (κ1) is 37.4. The van der Waals surface area contributed by atoms with E-state index in [1.54, 1.807) is 17.9 Å². The van der Waals surface area contributed by atoms with Gasteiger partial charge in [-0.15, -0.1) is 0 Å².